The van der Waals surface area contributed by atoms with Gasteiger partial charge >= 0.3 is 5.97 Å². The third-order valence-electron chi connectivity index (χ3n) is 2.28. The fourth-order valence-corrected chi connectivity index (χ4v) is 1.45. The van der Waals surface area contributed by atoms with Crippen LogP contribution in [0.3, 0.4) is 0 Å². The Hall–Kier alpha value is -2.50. The third-order valence-corrected chi connectivity index (χ3v) is 2.28. The monoisotopic (exact) mass is 231 g/mol. The zero-order valence-corrected chi connectivity index (χ0v) is 8.97. The number of hydrogen-bond acceptors (Lipinski definition) is 4. The molecule has 6 nitrogen and oxygen atoms in total. The molecule has 2 N–H and O–H groups in total. The van der Waals surface area contributed by atoms with Crippen molar-refractivity contribution in [2.75, 3.05) is 0 Å². The van der Waals surface area contributed by atoms with E-state index in [0.29, 0.717) is 17.1 Å². The summed E-state index contributed by atoms with van der Waals surface area (Å²) in [6.45, 7) is 1.76. The molecule has 0 saturated heterocycles. The number of pyridine rings is 1. The van der Waals surface area contributed by atoms with Crippen LogP contribution in [0.25, 0.3) is 11.4 Å². The minimum atomic E-state index is -1.26. The summed E-state index contributed by atoms with van der Waals surface area (Å²) in [7, 11) is 0. The van der Waals surface area contributed by atoms with Gasteiger partial charge in [-0.3, -0.25) is 14.8 Å². The highest BCUT2D eigenvalue weighted by molar-refractivity contribution is 5.87. The first-order valence-electron chi connectivity index (χ1n) is 4.84. The van der Waals surface area contributed by atoms with Crippen LogP contribution < -0.4 is 5.56 Å². The lowest BCUT2D eigenvalue weighted by atomic mass is 10.2. The first-order valence-corrected chi connectivity index (χ1v) is 4.84. The highest BCUT2D eigenvalue weighted by Crippen LogP contribution is 2.14. The third kappa shape index (κ3) is 2.05. The second-order valence-corrected chi connectivity index (χ2v) is 3.41. The van der Waals surface area contributed by atoms with Gasteiger partial charge in [0.25, 0.3) is 5.56 Å². The van der Waals surface area contributed by atoms with Gasteiger partial charge in [0.05, 0.1) is 11.4 Å². The Morgan fingerprint density at radius 2 is 2.00 bits per heavy atom. The fraction of sp³-hybridized carbons (Fsp3) is 0.0909. The van der Waals surface area contributed by atoms with Crippen molar-refractivity contribution in [2.24, 2.45) is 0 Å². The minimum absolute atomic E-state index is 0.296. The number of carboxylic acid groups (broad SMARTS) is 1. The molecule has 0 aliphatic carbocycles. The number of nitrogens with zero attached hydrogens (tertiary/aromatic N) is 2. The first-order chi connectivity index (χ1) is 8.09. The Morgan fingerprint density at radius 1 is 1.29 bits per heavy atom. The number of aromatic amines is 1. The van der Waals surface area contributed by atoms with Crippen LogP contribution in [-0.2, 0) is 0 Å². The van der Waals surface area contributed by atoms with Gasteiger partial charge in [0.15, 0.2) is 0 Å². The van der Waals surface area contributed by atoms with Crippen molar-refractivity contribution >= 4 is 5.97 Å². The van der Waals surface area contributed by atoms with Gasteiger partial charge < -0.3 is 10.1 Å². The summed E-state index contributed by atoms with van der Waals surface area (Å²) in [5.74, 6) is -1.26. The van der Waals surface area contributed by atoms with E-state index >= 15 is 0 Å². The van der Waals surface area contributed by atoms with E-state index in [1.807, 2.05) is 0 Å². The van der Waals surface area contributed by atoms with Crippen molar-refractivity contribution in [2.45, 2.75) is 6.92 Å². The van der Waals surface area contributed by atoms with Crippen LogP contribution in [0.1, 0.15) is 16.1 Å². The van der Waals surface area contributed by atoms with Crippen LogP contribution in [0.4, 0.5) is 0 Å². The number of rotatable bonds is 2. The molecule has 0 bridgehead atoms. The number of aromatic nitrogens is 3. The van der Waals surface area contributed by atoms with Crippen molar-refractivity contribution < 1.29 is 9.90 Å². The molecular weight excluding hydrogens is 222 g/mol. The Morgan fingerprint density at radius 3 is 2.59 bits per heavy atom. The predicted octanol–water partition coefficient (Wildman–Crippen LogP) is 0.839. The average molecular weight is 231 g/mol. The van der Waals surface area contributed by atoms with E-state index < -0.39 is 11.5 Å². The summed E-state index contributed by atoms with van der Waals surface area (Å²) in [4.78, 5) is 32.8. The quantitative estimate of drug-likeness (QED) is 0.798. The molecule has 0 fully saturated rings. The van der Waals surface area contributed by atoms with Gasteiger partial charge in [-0.2, -0.15) is 0 Å². The zero-order valence-electron chi connectivity index (χ0n) is 8.97. The van der Waals surface area contributed by atoms with Crippen LogP contribution >= 0.6 is 0 Å². The van der Waals surface area contributed by atoms with Gasteiger partial charge in [0.2, 0.25) is 0 Å². The normalized spacial score (nSPS) is 10.2. The van der Waals surface area contributed by atoms with Crippen molar-refractivity contribution in [3.63, 3.8) is 0 Å². The van der Waals surface area contributed by atoms with Crippen molar-refractivity contribution in [3.05, 3.63) is 46.1 Å². The number of carbonyl (C=O) groups is 1. The summed E-state index contributed by atoms with van der Waals surface area (Å²) in [6.07, 6.45) is 3.05. The standard InChI is InChI=1S/C11H9N3O3/c1-6-9(13-5-4-12-6)8-3-2-7(11(16)17)10(15)14-8/h2-5H,1H3,(H,14,15)(H,16,17). The lowest BCUT2D eigenvalue weighted by molar-refractivity contribution is 0.0695. The van der Waals surface area contributed by atoms with Gasteiger partial charge in [-0.05, 0) is 19.1 Å². The number of nitrogens with one attached hydrogen (secondary N) is 1. The van der Waals surface area contributed by atoms with E-state index in [2.05, 4.69) is 15.0 Å². The van der Waals surface area contributed by atoms with Gasteiger partial charge in [0, 0.05) is 12.4 Å². The van der Waals surface area contributed by atoms with Crippen LogP contribution in [-0.4, -0.2) is 26.0 Å². The molecule has 2 aromatic rings. The maximum atomic E-state index is 11.5. The predicted molar refractivity (Wildman–Crippen MR) is 59.8 cm³/mol. The molecule has 0 atom stereocenters. The molecule has 0 amide bonds. The fourth-order valence-electron chi connectivity index (χ4n) is 1.45. The molecule has 2 rings (SSSR count). The molecular formula is C11H9N3O3. The maximum Gasteiger partial charge on any atom is 0.341 e. The zero-order chi connectivity index (χ0) is 12.4. The average Bonchev–Trinajstić information content (AvgIpc) is 2.29. The summed E-state index contributed by atoms with van der Waals surface area (Å²) < 4.78 is 0. The smallest absolute Gasteiger partial charge is 0.341 e. The van der Waals surface area contributed by atoms with Gasteiger partial charge in [-0.25, -0.2) is 4.79 Å². The van der Waals surface area contributed by atoms with E-state index in [9.17, 15) is 9.59 Å². The molecule has 2 heterocycles. The van der Waals surface area contributed by atoms with Crippen LogP contribution in [0, 0.1) is 6.92 Å². The van der Waals surface area contributed by atoms with Crippen LogP contribution in [0.2, 0.25) is 0 Å². The molecule has 0 unspecified atom stereocenters. The number of aryl methyl sites for hydroxylation is 1. The maximum absolute atomic E-state index is 11.5. The van der Waals surface area contributed by atoms with Crippen molar-refractivity contribution in [3.8, 4) is 11.4 Å². The summed E-state index contributed by atoms with van der Waals surface area (Å²) in [5, 5.41) is 8.73. The van der Waals surface area contributed by atoms with Crippen molar-refractivity contribution in [1.82, 2.24) is 15.0 Å². The minimum Gasteiger partial charge on any atom is -0.477 e. The lowest BCUT2D eigenvalue weighted by Gasteiger charge is -2.03. The summed E-state index contributed by atoms with van der Waals surface area (Å²) in [5.41, 5.74) is 0.689. The molecule has 17 heavy (non-hydrogen) atoms. The van der Waals surface area contributed by atoms with E-state index in [1.54, 1.807) is 13.1 Å². The molecule has 2 aromatic heterocycles. The molecule has 6 heteroatoms. The van der Waals surface area contributed by atoms with Gasteiger partial charge in [-0.1, -0.05) is 0 Å². The van der Waals surface area contributed by atoms with Crippen LogP contribution in [0.5, 0.6) is 0 Å². The molecule has 0 spiro atoms. The number of aromatic carboxylic acids is 1. The Balaban J connectivity index is 2.57. The Bertz CT molecular complexity index is 634. The molecule has 0 radical (unpaired) electrons. The highest BCUT2D eigenvalue weighted by atomic mass is 16.4. The van der Waals surface area contributed by atoms with Gasteiger partial charge in [0.1, 0.15) is 11.3 Å². The molecule has 0 aliphatic heterocycles. The summed E-state index contributed by atoms with van der Waals surface area (Å²) >= 11 is 0. The Kier molecular flexibility index (Phi) is 2.70. The van der Waals surface area contributed by atoms with E-state index in [-0.39, 0.29) is 5.56 Å². The number of hydrogen-bond donors (Lipinski definition) is 2. The lowest BCUT2D eigenvalue weighted by Crippen LogP contribution is -2.17. The molecule has 0 saturated carbocycles. The summed E-state index contributed by atoms with van der Waals surface area (Å²) in [6, 6.07) is 2.76. The molecule has 86 valence electrons. The van der Waals surface area contributed by atoms with Crippen LogP contribution in [0.15, 0.2) is 29.3 Å². The second-order valence-electron chi connectivity index (χ2n) is 3.41. The first kappa shape index (κ1) is 11.0. The van der Waals surface area contributed by atoms with E-state index in [0.717, 1.165) is 0 Å². The van der Waals surface area contributed by atoms with Crippen molar-refractivity contribution in [1.29, 1.82) is 0 Å². The SMILES string of the molecule is Cc1nccnc1-c1ccc(C(=O)O)c(=O)[nH]1. The number of H-pyrrole nitrogens is 1. The number of carboxylic acids is 1. The largest absolute Gasteiger partial charge is 0.477 e. The molecule has 0 aromatic carbocycles. The topological polar surface area (TPSA) is 95.9 Å². The highest BCUT2D eigenvalue weighted by Gasteiger charge is 2.11. The molecule has 0 aliphatic rings. The van der Waals surface area contributed by atoms with Gasteiger partial charge in [-0.15, -0.1) is 0 Å². The van der Waals surface area contributed by atoms with E-state index in [1.165, 1.54) is 18.3 Å². The second kappa shape index (κ2) is 4.17. The Labute approximate surface area is 96.0 Å². The van der Waals surface area contributed by atoms with E-state index in [4.69, 9.17) is 5.11 Å².